The van der Waals surface area contributed by atoms with Gasteiger partial charge in [-0.05, 0) is 63.8 Å². The third kappa shape index (κ3) is 6.32. The van der Waals surface area contributed by atoms with Crippen molar-refractivity contribution in [2.45, 2.75) is 47.1 Å². The van der Waals surface area contributed by atoms with Crippen molar-refractivity contribution in [1.82, 2.24) is 30.6 Å². The minimum Gasteiger partial charge on any atom is -0.357 e. The summed E-state index contributed by atoms with van der Waals surface area (Å²) >= 11 is 0. The van der Waals surface area contributed by atoms with E-state index in [9.17, 15) is 0 Å². The smallest absolute Gasteiger partial charge is 0.191 e. The average Bonchev–Trinajstić information content (AvgIpc) is 3.27. The van der Waals surface area contributed by atoms with Gasteiger partial charge in [-0.1, -0.05) is 18.2 Å². The third-order valence-electron chi connectivity index (χ3n) is 4.83. The van der Waals surface area contributed by atoms with Gasteiger partial charge in [-0.25, -0.2) is 9.67 Å². The summed E-state index contributed by atoms with van der Waals surface area (Å²) < 4.78 is 1.99. The van der Waals surface area contributed by atoms with E-state index in [1.807, 2.05) is 29.9 Å². The predicted octanol–water partition coefficient (Wildman–Crippen LogP) is 3.83. The maximum absolute atomic E-state index is 4.79. The van der Waals surface area contributed by atoms with E-state index in [1.165, 1.54) is 5.56 Å². The fourth-order valence-corrected chi connectivity index (χ4v) is 3.34. The van der Waals surface area contributed by atoms with Crippen molar-refractivity contribution in [3.63, 3.8) is 0 Å². The molecule has 0 aliphatic rings. The van der Waals surface area contributed by atoms with Crippen LogP contribution in [-0.2, 0) is 13.0 Å². The first-order valence-electron chi connectivity index (χ1n) is 10.2. The first-order chi connectivity index (χ1) is 14.1. The van der Waals surface area contributed by atoms with Crippen LogP contribution in [-0.4, -0.2) is 39.0 Å². The molecule has 3 aromatic rings. The number of nitrogens with one attached hydrogen (secondary N) is 3. The topological polar surface area (TPSA) is 82.9 Å². The van der Waals surface area contributed by atoms with Gasteiger partial charge in [0.05, 0.1) is 24.1 Å². The molecule has 0 saturated carbocycles. The number of hydrogen-bond acceptors (Lipinski definition) is 3. The largest absolute Gasteiger partial charge is 0.357 e. The van der Waals surface area contributed by atoms with Crippen molar-refractivity contribution >= 4 is 29.9 Å². The monoisotopic (exact) mass is 521 g/mol. The lowest BCUT2D eigenvalue weighted by atomic mass is 10.1. The first-order valence-corrected chi connectivity index (χ1v) is 10.2. The van der Waals surface area contributed by atoms with Gasteiger partial charge in [-0.2, -0.15) is 10.2 Å². The Hall–Kier alpha value is -2.36. The van der Waals surface area contributed by atoms with Gasteiger partial charge < -0.3 is 10.6 Å². The molecule has 0 spiro atoms. The van der Waals surface area contributed by atoms with E-state index in [0.29, 0.717) is 6.54 Å². The van der Waals surface area contributed by atoms with Crippen LogP contribution in [0.4, 0.5) is 0 Å². The van der Waals surface area contributed by atoms with Gasteiger partial charge in [0.25, 0.3) is 0 Å². The van der Waals surface area contributed by atoms with E-state index < -0.39 is 0 Å². The Morgan fingerprint density at radius 3 is 2.60 bits per heavy atom. The van der Waals surface area contributed by atoms with E-state index in [-0.39, 0.29) is 24.0 Å². The minimum absolute atomic E-state index is 0. The highest BCUT2D eigenvalue weighted by atomic mass is 127. The normalized spacial score (nSPS) is 11.3. The summed E-state index contributed by atoms with van der Waals surface area (Å²) in [6.45, 7) is 10.5. The maximum atomic E-state index is 4.79. The molecule has 1 aromatic carbocycles. The number of aromatic nitrogens is 4. The third-order valence-corrected chi connectivity index (χ3v) is 4.83. The van der Waals surface area contributed by atoms with Gasteiger partial charge in [0.2, 0.25) is 0 Å². The van der Waals surface area contributed by atoms with E-state index in [1.54, 1.807) is 0 Å². The van der Waals surface area contributed by atoms with Gasteiger partial charge in [-0.3, -0.25) is 5.10 Å². The fourth-order valence-electron chi connectivity index (χ4n) is 3.34. The first kappa shape index (κ1) is 23.9. The van der Waals surface area contributed by atoms with Crippen LogP contribution in [0.15, 0.2) is 41.5 Å². The zero-order valence-electron chi connectivity index (χ0n) is 18.2. The average molecular weight is 521 g/mol. The second-order valence-electron chi connectivity index (χ2n) is 7.21. The quantitative estimate of drug-likeness (QED) is 0.182. The highest BCUT2D eigenvalue weighted by molar-refractivity contribution is 14.0. The fraction of sp³-hybridized carbons (Fsp3) is 0.409. The standard InChI is InChI=1S/C22H31N7.HI/c1-5-23-22(24-12-8-10-19-15-26-27-18(19)4)25-14-20-9-6-7-11-21(20)29-17(3)13-16(2)28-29;/h6-7,9,11,13,15H,5,8,10,12,14H2,1-4H3,(H,26,27)(H2,23,24,25);1H. The highest BCUT2D eigenvalue weighted by Crippen LogP contribution is 2.17. The Kier molecular flexibility index (Phi) is 9.35. The second-order valence-corrected chi connectivity index (χ2v) is 7.21. The zero-order chi connectivity index (χ0) is 20.6. The molecule has 30 heavy (non-hydrogen) atoms. The molecular weight excluding hydrogens is 489 g/mol. The molecule has 8 heteroatoms. The number of aryl methyl sites for hydroxylation is 4. The van der Waals surface area contributed by atoms with Crippen molar-refractivity contribution < 1.29 is 0 Å². The summed E-state index contributed by atoms with van der Waals surface area (Å²) in [6.07, 6.45) is 3.92. The number of nitrogens with zero attached hydrogens (tertiary/aromatic N) is 4. The number of hydrogen-bond donors (Lipinski definition) is 3. The van der Waals surface area contributed by atoms with Crippen LogP contribution >= 0.6 is 24.0 Å². The summed E-state index contributed by atoms with van der Waals surface area (Å²) in [6, 6.07) is 10.4. The van der Waals surface area contributed by atoms with Crippen molar-refractivity contribution in [2.75, 3.05) is 13.1 Å². The highest BCUT2D eigenvalue weighted by Gasteiger charge is 2.09. The molecule has 0 aliphatic carbocycles. The predicted molar refractivity (Wildman–Crippen MR) is 133 cm³/mol. The lowest BCUT2D eigenvalue weighted by molar-refractivity contribution is 0.741. The molecule has 0 atom stereocenters. The van der Waals surface area contributed by atoms with E-state index >= 15 is 0 Å². The van der Waals surface area contributed by atoms with Crippen molar-refractivity contribution in [3.8, 4) is 5.69 Å². The van der Waals surface area contributed by atoms with Gasteiger partial charge in [0.1, 0.15) is 0 Å². The second kappa shape index (κ2) is 11.7. The SMILES string of the molecule is CCNC(=NCc1ccccc1-n1nc(C)cc1C)NCCCc1cn[nH]c1C.I. The number of guanidine groups is 1. The van der Waals surface area contributed by atoms with Gasteiger partial charge in [-0.15, -0.1) is 24.0 Å². The lowest BCUT2D eigenvalue weighted by Gasteiger charge is -2.13. The molecule has 0 radical (unpaired) electrons. The summed E-state index contributed by atoms with van der Waals surface area (Å²) in [4.78, 5) is 4.79. The van der Waals surface area contributed by atoms with Crippen LogP contribution in [0.5, 0.6) is 0 Å². The number of H-pyrrole nitrogens is 1. The summed E-state index contributed by atoms with van der Waals surface area (Å²) in [5.74, 6) is 0.833. The molecule has 0 unspecified atom stereocenters. The number of rotatable bonds is 8. The van der Waals surface area contributed by atoms with E-state index in [0.717, 1.165) is 60.2 Å². The molecule has 0 saturated heterocycles. The number of para-hydroxylation sites is 1. The van der Waals surface area contributed by atoms with Crippen molar-refractivity contribution in [2.24, 2.45) is 4.99 Å². The molecule has 0 bridgehead atoms. The molecule has 7 nitrogen and oxygen atoms in total. The van der Waals surface area contributed by atoms with Crippen LogP contribution in [0, 0.1) is 20.8 Å². The summed E-state index contributed by atoms with van der Waals surface area (Å²) in [5.41, 5.74) is 6.78. The molecule has 3 rings (SSSR count). The van der Waals surface area contributed by atoms with Crippen molar-refractivity contribution in [1.29, 1.82) is 0 Å². The molecule has 162 valence electrons. The van der Waals surface area contributed by atoms with Gasteiger partial charge in [0.15, 0.2) is 5.96 Å². The molecule has 0 aliphatic heterocycles. The van der Waals surface area contributed by atoms with Crippen LogP contribution in [0.1, 0.15) is 41.6 Å². The van der Waals surface area contributed by atoms with Crippen molar-refractivity contribution in [3.05, 3.63) is 64.7 Å². The number of halogens is 1. The Morgan fingerprint density at radius 2 is 1.93 bits per heavy atom. The summed E-state index contributed by atoms with van der Waals surface area (Å²) in [5, 5.41) is 18.5. The molecule has 2 heterocycles. The zero-order valence-corrected chi connectivity index (χ0v) is 20.5. The Morgan fingerprint density at radius 1 is 1.13 bits per heavy atom. The van der Waals surface area contributed by atoms with Gasteiger partial charge in [0, 0.05) is 24.5 Å². The number of aromatic amines is 1. The van der Waals surface area contributed by atoms with E-state index in [2.05, 4.69) is 64.9 Å². The Labute approximate surface area is 195 Å². The minimum atomic E-state index is 0. The Balaban J connectivity index is 0.00000320. The summed E-state index contributed by atoms with van der Waals surface area (Å²) in [7, 11) is 0. The lowest BCUT2D eigenvalue weighted by Crippen LogP contribution is -2.37. The van der Waals surface area contributed by atoms with Crippen LogP contribution in [0.2, 0.25) is 0 Å². The number of aliphatic imine (C=N–C) groups is 1. The van der Waals surface area contributed by atoms with Gasteiger partial charge >= 0.3 is 0 Å². The Bertz CT molecular complexity index is 958. The molecule has 2 aromatic heterocycles. The van der Waals surface area contributed by atoms with E-state index in [4.69, 9.17) is 4.99 Å². The maximum Gasteiger partial charge on any atom is 0.191 e. The number of benzene rings is 1. The molecule has 0 amide bonds. The molecular formula is C22H32IN7. The van der Waals surface area contributed by atoms with Crippen LogP contribution < -0.4 is 10.6 Å². The van der Waals surface area contributed by atoms with Crippen LogP contribution in [0.25, 0.3) is 5.69 Å². The molecule has 0 fully saturated rings. The van der Waals surface area contributed by atoms with Crippen LogP contribution in [0.3, 0.4) is 0 Å². The molecule has 3 N–H and O–H groups in total.